The number of benzene rings is 5. The number of ether oxygens (including phenoxy) is 1. The summed E-state index contributed by atoms with van der Waals surface area (Å²) in [7, 11) is -1.98. The number of furan rings is 1. The summed E-state index contributed by atoms with van der Waals surface area (Å²) in [6.07, 6.45) is 6.22. The van der Waals surface area contributed by atoms with Gasteiger partial charge in [-0.15, -0.1) is 0 Å². The van der Waals surface area contributed by atoms with Crippen LogP contribution in [-0.2, 0) is 5.41 Å². The molecule has 0 unspecified atom stereocenters. The van der Waals surface area contributed by atoms with Crippen molar-refractivity contribution in [1.29, 1.82) is 0 Å². The maximum Gasteiger partial charge on any atom is 0.241 e. The van der Waals surface area contributed by atoms with Crippen LogP contribution in [0.5, 0.6) is 5.75 Å². The molecule has 0 N–H and O–H groups in total. The van der Waals surface area contributed by atoms with Crippen LogP contribution in [0.15, 0.2) is 125 Å². The van der Waals surface area contributed by atoms with Gasteiger partial charge in [0.2, 0.25) is 6.71 Å². The fourth-order valence-electron chi connectivity index (χ4n) is 9.48. The van der Waals surface area contributed by atoms with Crippen LogP contribution in [0.3, 0.4) is 0 Å². The van der Waals surface area contributed by atoms with E-state index in [9.17, 15) is 0 Å². The maximum atomic E-state index is 6.51. The minimum absolute atomic E-state index is 0.151. The number of para-hydroxylation sites is 3. The first-order valence-corrected chi connectivity index (χ1v) is 20.5. The average molecular weight is 640 g/mol. The van der Waals surface area contributed by atoms with Crippen LogP contribution in [0.1, 0.15) is 50.7 Å². The van der Waals surface area contributed by atoms with Crippen LogP contribution in [0.25, 0.3) is 22.1 Å². The van der Waals surface area contributed by atoms with Gasteiger partial charge in [-0.3, -0.25) is 0 Å². The smallest absolute Gasteiger partial charge is 0.241 e. The van der Waals surface area contributed by atoms with Crippen molar-refractivity contribution in [2.75, 3.05) is 4.90 Å². The van der Waals surface area contributed by atoms with Crippen molar-refractivity contribution in [3.05, 3.63) is 132 Å². The van der Waals surface area contributed by atoms with Gasteiger partial charge in [-0.2, -0.15) is 0 Å². The second-order valence-electron chi connectivity index (χ2n) is 15.2. The van der Waals surface area contributed by atoms with Gasteiger partial charge in [-0.05, 0) is 66.3 Å². The number of nitrogens with zero attached hydrogens (tertiary/aromatic N) is 1. The topological polar surface area (TPSA) is 25.6 Å². The summed E-state index contributed by atoms with van der Waals surface area (Å²) in [6.45, 7) is 10.2. The first kappa shape index (κ1) is 28.3. The Bertz CT molecular complexity index is 2360. The van der Waals surface area contributed by atoms with Crippen molar-refractivity contribution in [2.45, 2.75) is 58.0 Å². The normalized spacial score (nSPS) is 18.0. The van der Waals surface area contributed by atoms with E-state index in [1.54, 1.807) is 22.1 Å². The van der Waals surface area contributed by atoms with Crippen molar-refractivity contribution >= 4 is 63.9 Å². The molecule has 48 heavy (non-hydrogen) atoms. The van der Waals surface area contributed by atoms with Crippen LogP contribution in [0.4, 0.5) is 11.4 Å². The lowest BCUT2D eigenvalue weighted by Crippen LogP contribution is -2.79. The highest BCUT2D eigenvalue weighted by molar-refractivity contribution is 7.14. The molecule has 1 aromatic heterocycles. The van der Waals surface area contributed by atoms with Crippen LogP contribution in [0.2, 0.25) is 13.1 Å². The molecule has 0 amide bonds. The molecule has 4 heterocycles. The minimum Gasteiger partial charge on any atom is -0.464 e. The predicted molar refractivity (Wildman–Crippen MR) is 203 cm³/mol. The Hall–Kier alpha value is -4.74. The molecule has 3 nitrogen and oxygen atoms in total. The summed E-state index contributed by atoms with van der Waals surface area (Å²) >= 11 is 0. The zero-order valence-corrected chi connectivity index (χ0v) is 29.1. The van der Waals surface area contributed by atoms with Gasteiger partial charge in [0.05, 0.1) is 17.6 Å². The fraction of sp³-hybridized carbons (Fsp3) is 0.209. The third-order valence-electron chi connectivity index (χ3n) is 11.8. The highest BCUT2D eigenvalue weighted by Gasteiger charge is 2.49. The van der Waals surface area contributed by atoms with Gasteiger partial charge in [-0.1, -0.05) is 126 Å². The van der Waals surface area contributed by atoms with Gasteiger partial charge in [0.25, 0.3) is 0 Å². The first-order chi connectivity index (χ1) is 23.3. The molecular weight excluding hydrogens is 601 g/mol. The molecular formula is C43H38BNO2Si. The van der Waals surface area contributed by atoms with E-state index in [1.165, 1.54) is 51.8 Å². The molecule has 0 fully saturated rings. The van der Waals surface area contributed by atoms with Gasteiger partial charge >= 0.3 is 0 Å². The summed E-state index contributed by atoms with van der Waals surface area (Å²) in [6, 6.07) is 38.9. The summed E-state index contributed by atoms with van der Waals surface area (Å²) < 4.78 is 12.5. The van der Waals surface area contributed by atoms with Crippen LogP contribution >= 0.6 is 0 Å². The lowest BCUT2D eigenvalue weighted by atomic mass is 9.31. The molecule has 1 aliphatic carbocycles. The van der Waals surface area contributed by atoms with Gasteiger partial charge in [-0.25, -0.2) is 0 Å². The zero-order valence-electron chi connectivity index (χ0n) is 28.1. The van der Waals surface area contributed by atoms with Crippen molar-refractivity contribution in [1.82, 2.24) is 0 Å². The Balaban J connectivity index is 1.21. The number of allylic oxidation sites excluding steroid dienone is 2. The third-order valence-corrected chi connectivity index (χ3v) is 15.4. The maximum absolute atomic E-state index is 6.51. The minimum atomic E-state index is -1.98. The zero-order chi connectivity index (χ0) is 32.4. The highest BCUT2D eigenvalue weighted by atomic mass is 28.3. The van der Waals surface area contributed by atoms with Crippen molar-refractivity contribution in [3.63, 3.8) is 0 Å². The van der Waals surface area contributed by atoms with Crippen LogP contribution < -0.4 is 36.4 Å². The Morgan fingerprint density at radius 3 is 2.52 bits per heavy atom. The molecule has 5 aromatic carbocycles. The van der Waals surface area contributed by atoms with Crippen LogP contribution in [-0.4, -0.2) is 14.8 Å². The predicted octanol–water partition coefficient (Wildman–Crippen LogP) is 7.71. The van der Waals surface area contributed by atoms with Gasteiger partial charge in [0.1, 0.15) is 19.4 Å². The standard InChI is InChI=1S/C43H38BNO2Si/c1-43(2)31-13-10-18-40-41(31)44(34-25-28(19-22-39(34)48(40,3)4)30-12-9-11-27-23-24-46-42(27)30)33-21-20-29(26-32(33)43)45-35-14-5-7-16-37(35)47-38-17-8-6-15-36(38)45/h5,7,9-14,16,18-26H,6,8,15,17H2,1-4H3. The SMILES string of the molecule is CC1(C)c2cc(N3C4=C(CCCC4)Oc4ccccc43)ccc2B2c3cc(-c4cccc5ccoc45)ccc3[Si](C)(C)c3cccc1c32. The summed E-state index contributed by atoms with van der Waals surface area (Å²) in [4.78, 5) is 2.50. The van der Waals surface area contributed by atoms with E-state index < -0.39 is 8.07 Å². The molecule has 0 radical (unpaired) electrons. The lowest BCUT2D eigenvalue weighted by molar-refractivity contribution is 0.363. The van der Waals surface area contributed by atoms with E-state index in [2.05, 4.69) is 135 Å². The molecule has 5 heteroatoms. The first-order valence-electron chi connectivity index (χ1n) is 17.5. The number of fused-ring (bicyclic) bond motifs is 6. The molecule has 4 aliphatic rings. The Morgan fingerprint density at radius 1 is 0.750 bits per heavy atom. The average Bonchev–Trinajstić information content (AvgIpc) is 3.59. The van der Waals surface area contributed by atoms with Gasteiger partial charge < -0.3 is 14.1 Å². The largest absolute Gasteiger partial charge is 0.464 e. The summed E-state index contributed by atoms with van der Waals surface area (Å²) in [5, 5.41) is 4.27. The summed E-state index contributed by atoms with van der Waals surface area (Å²) in [5.41, 5.74) is 14.2. The summed E-state index contributed by atoms with van der Waals surface area (Å²) in [5.74, 6) is 2.09. The van der Waals surface area contributed by atoms with E-state index in [0.717, 1.165) is 46.6 Å². The Morgan fingerprint density at radius 2 is 1.60 bits per heavy atom. The van der Waals surface area contributed by atoms with E-state index in [1.807, 2.05) is 0 Å². The quantitative estimate of drug-likeness (QED) is 0.182. The number of anilines is 2. The molecule has 0 bridgehead atoms. The van der Waals surface area contributed by atoms with Gasteiger partial charge in [0.15, 0.2) is 5.75 Å². The molecule has 234 valence electrons. The van der Waals surface area contributed by atoms with E-state index in [-0.39, 0.29) is 12.1 Å². The molecule has 3 aliphatic heterocycles. The molecule has 10 rings (SSSR count). The van der Waals surface area contributed by atoms with E-state index in [4.69, 9.17) is 9.15 Å². The van der Waals surface area contributed by atoms with Crippen molar-refractivity contribution in [2.24, 2.45) is 0 Å². The Labute approximate surface area is 284 Å². The molecule has 6 aromatic rings. The monoisotopic (exact) mass is 639 g/mol. The molecule has 0 atom stereocenters. The van der Waals surface area contributed by atoms with Crippen molar-refractivity contribution in [3.8, 4) is 16.9 Å². The van der Waals surface area contributed by atoms with E-state index >= 15 is 0 Å². The number of hydrogen-bond acceptors (Lipinski definition) is 3. The number of rotatable bonds is 2. The van der Waals surface area contributed by atoms with Crippen molar-refractivity contribution < 1.29 is 9.15 Å². The molecule has 0 spiro atoms. The lowest BCUT2D eigenvalue weighted by Gasteiger charge is -2.46. The Kier molecular flexibility index (Phi) is 5.83. The van der Waals surface area contributed by atoms with Gasteiger partial charge in [0, 0.05) is 28.5 Å². The highest BCUT2D eigenvalue weighted by Crippen LogP contribution is 2.47. The van der Waals surface area contributed by atoms with Crippen LogP contribution in [0, 0.1) is 0 Å². The second-order valence-corrected chi connectivity index (χ2v) is 19.5. The second kappa shape index (κ2) is 9.90. The van der Waals surface area contributed by atoms with E-state index in [0.29, 0.717) is 0 Å². The molecule has 0 saturated heterocycles. The number of hydrogen-bond donors (Lipinski definition) is 0. The fourth-order valence-corrected chi connectivity index (χ4v) is 12.7. The molecule has 0 saturated carbocycles. The third kappa shape index (κ3) is 3.77.